The van der Waals surface area contributed by atoms with Gasteiger partial charge in [0.2, 0.25) is 0 Å². The lowest BCUT2D eigenvalue weighted by Crippen LogP contribution is -1.79. The maximum Gasteiger partial charge on any atom is 0.0443 e. The van der Waals surface area contributed by atoms with Crippen molar-refractivity contribution in [1.29, 1.82) is 0 Å². The average Bonchev–Trinajstić information content (AvgIpc) is 2.35. The smallest absolute Gasteiger partial charge is 0.0443 e. The van der Waals surface area contributed by atoms with Gasteiger partial charge in [-0.2, -0.15) is 0 Å². The van der Waals surface area contributed by atoms with Gasteiger partial charge in [-0.3, -0.25) is 4.98 Å². The van der Waals surface area contributed by atoms with Gasteiger partial charge in [0.05, 0.1) is 0 Å². The van der Waals surface area contributed by atoms with Crippen LogP contribution < -0.4 is 0 Å². The summed E-state index contributed by atoms with van der Waals surface area (Å²) in [7, 11) is 0. The molecule has 1 heterocycles. The monoisotopic (exact) mass is 210 g/mol. The second kappa shape index (κ2) is 4.96. The van der Waals surface area contributed by atoms with Gasteiger partial charge in [-0.25, -0.2) is 0 Å². The van der Waals surface area contributed by atoms with Gasteiger partial charge in [-0.05, 0) is 22.5 Å². The van der Waals surface area contributed by atoms with Crippen molar-refractivity contribution < 1.29 is 0 Å². The number of rotatable bonds is 3. The molecule has 0 atom stereocenters. The van der Waals surface area contributed by atoms with Gasteiger partial charge in [0, 0.05) is 29.2 Å². The van der Waals surface area contributed by atoms with E-state index in [0.717, 1.165) is 16.3 Å². The summed E-state index contributed by atoms with van der Waals surface area (Å²) in [5, 5.41) is 5.70. The molecule has 0 aliphatic heterocycles. The van der Waals surface area contributed by atoms with Crippen LogP contribution in [0.3, 0.4) is 0 Å². The number of azide groups is 1. The predicted octanol–water partition coefficient (Wildman–Crippen LogP) is 3.56. The van der Waals surface area contributed by atoms with Crippen LogP contribution in [0.4, 0.5) is 0 Å². The SMILES string of the molecule is [N-]=[N+]=NCC=Cc1cccc2cnccc12. The lowest BCUT2D eigenvalue weighted by atomic mass is 10.1. The fourth-order valence-corrected chi connectivity index (χ4v) is 1.56. The van der Waals surface area contributed by atoms with Crippen molar-refractivity contribution in [3.8, 4) is 0 Å². The van der Waals surface area contributed by atoms with E-state index >= 15 is 0 Å². The number of hydrogen-bond acceptors (Lipinski definition) is 2. The summed E-state index contributed by atoms with van der Waals surface area (Å²) in [6.45, 7) is 0.373. The van der Waals surface area contributed by atoms with Gasteiger partial charge in [0.25, 0.3) is 0 Å². The van der Waals surface area contributed by atoms with Crippen LogP contribution in [0.5, 0.6) is 0 Å². The van der Waals surface area contributed by atoms with E-state index in [1.54, 1.807) is 6.20 Å². The summed E-state index contributed by atoms with van der Waals surface area (Å²) in [6.07, 6.45) is 7.40. The van der Waals surface area contributed by atoms with Crippen LogP contribution in [0.1, 0.15) is 5.56 Å². The minimum absolute atomic E-state index is 0.373. The normalized spacial score (nSPS) is 10.5. The van der Waals surface area contributed by atoms with Gasteiger partial charge in [-0.15, -0.1) is 0 Å². The molecule has 0 radical (unpaired) electrons. The van der Waals surface area contributed by atoms with Crippen LogP contribution in [0.2, 0.25) is 0 Å². The number of aromatic nitrogens is 1. The topological polar surface area (TPSA) is 61.7 Å². The first kappa shape index (κ1) is 10.2. The summed E-state index contributed by atoms with van der Waals surface area (Å²) in [5.74, 6) is 0. The van der Waals surface area contributed by atoms with Crippen molar-refractivity contribution in [2.75, 3.05) is 6.54 Å². The molecule has 1 aromatic carbocycles. The Balaban J connectivity index is 2.37. The molecule has 0 bridgehead atoms. The third kappa shape index (κ3) is 2.19. The molecule has 0 saturated heterocycles. The van der Waals surface area contributed by atoms with E-state index in [9.17, 15) is 0 Å². The summed E-state index contributed by atoms with van der Waals surface area (Å²) in [4.78, 5) is 6.77. The first-order chi connectivity index (χ1) is 7.92. The first-order valence-corrected chi connectivity index (χ1v) is 4.92. The molecule has 0 N–H and O–H groups in total. The Bertz CT molecular complexity index is 563. The predicted molar refractivity (Wildman–Crippen MR) is 64.8 cm³/mol. The number of pyridine rings is 1. The van der Waals surface area contributed by atoms with E-state index < -0.39 is 0 Å². The largest absolute Gasteiger partial charge is 0.264 e. The fraction of sp³-hybridized carbons (Fsp3) is 0.0833. The van der Waals surface area contributed by atoms with Crippen LogP contribution in [-0.4, -0.2) is 11.5 Å². The molecule has 0 amide bonds. The van der Waals surface area contributed by atoms with Crippen molar-refractivity contribution in [2.24, 2.45) is 5.11 Å². The zero-order valence-electron chi connectivity index (χ0n) is 8.61. The molecule has 0 aliphatic rings. The highest BCUT2D eigenvalue weighted by atomic mass is 15.1. The molecule has 0 aliphatic carbocycles. The van der Waals surface area contributed by atoms with Crippen LogP contribution in [0.25, 0.3) is 27.3 Å². The summed E-state index contributed by atoms with van der Waals surface area (Å²) < 4.78 is 0. The molecule has 0 saturated carbocycles. The molecule has 78 valence electrons. The molecular formula is C12H10N4. The van der Waals surface area contributed by atoms with Crippen molar-refractivity contribution in [1.82, 2.24) is 4.98 Å². The Hall–Kier alpha value is -2.32. The maximum absolute atomic E-state index is 8.15. The Morgan fingerprint density at radius 3 is 3.19 bits per heavy atom. The number of benzene rings is 1. The molecule has 0 fully saturated rings. The Morgan fingerprint density at radius 1 is 1.38 bits per heavy atom. The van der Waals surface area contributed by atoms with Crippen LogP contribution in [0, 0.1) is 0 Å². The van der Waals surface area contributed by atoms with E-state index in [4.69, 9.17) is 5.53 Å². The summed E-state index contributed by atoms with van der Waals surface area (Å²) >= 11 is 0. The lowest BCUT2D eigenvalue weighted by Gasteiger charge is -2.00. The highest BCUT2D eigenvalue weighted by molar-refractivity contribution is 5.89. The number of hydrogen-bond donors (Lipinski definition) is 0. The molecule has 16 heavy (non-hydrogen) atoms. The van der Waals surface area contributed by atoms with Crippen molar-refractivity contribution >= 4 is 16.8 Å². The maximum atomic E-state index is 8.15. The van der Waals surface area contributed by atoms with E-state index in [0.29, 0.717) is 6.54 Å². The highest BCUT2D eigenvalue weighted by Crippen LogP contribution is 2.18. The number of fused-ring (bicyclic) bond motifs is 1. The third-order valence-electron chi connectivity index (χ3n) is 2.26. The van der Waals surface area contributed by atoms with Crippen molar-refractivity contribution in [2.45, 2.75) is 0 Å². The Labute approximate surface area is 92.9 Å². The van der Waals surface area contributed by atoms with Gasteiger partial charge in [-0.1, -0.05) is 35.5 Å². The molecule has 0 spiro atoms. The molecule has 1 aromatic heterocycles. The Morgan fingerprint density at radius 2 is 2.31 bits per heavy atom. The van der Waals surface area contributed by atoms with Gasteiger partial charge < -0.3 is 0 Å². The average molecular weight is 210 g/mol. The summed E-state index contributed by atoms with van der Waals surface area (Å²) in [6, 6.07) is 8.00. The van der Waals surface area contributed by atoms with Crippen molar-refractivity contribution in [3.05, 3.63) is 58.7 Å². The van der Waals surface area contributed by atoms with E-state index in [-0.39, 0.29) is 0 Å². The first-order valence-electron chi connectivity index (χ1n) is 4.92. The van der Waals surface area contributed by atoms with Gasteiger partial charge in [0.15, 0.2) is 0 Å². The summed E-state index contributed by atoms with van der Waals surface area (Å²) in [5.41, 5.74) is 9.26. The lowest BCUT2D eigenvalue weighted by molar-refractivity contribution is 1.22. The van der Waals surface area contributed by atoms with E-state index in [1.807, 2.05) is 42.6 Å². The zero-order valence-corrected chi connectivity index (χ0v) is 8.61. The minimum Gasteiger partial charge on any atom is -0.264 e. The van der Waals surface area contributed by atoms with Gasteiger partial charge >= 0.3 is 0 Å². The highest BCUT2D eigenvalue weighted by Gasteiger charge is 1.95. The molecule has 2 rings (SSSR count). The fourth-order valence-electron chi connectivity index (χ4n) is 1.56. The van der Waals surface area contributed by atoms with Crippen LogP contribution >= 0.6 is 0 Å². The molecule has 4 nitrogen and oxygen atoms in total. The van der Waals surface area contributed by atoms with Gasteiger partial charge in [0.1, 0.15) is 0 Å². The molecule has 0 unspecified atom stereocenters. The quantitative estimate of drug-likeness (QED) is 0.434. The second-order valence-corrected chi connectivity index (χ2v) is 3.26. The minimum atomic E-state index is 0.373. The molecular weight excluding hydrogens is 200 g/mol. The Kier molecular flexibility index (Phi) is 3.16. The van der Waals surface area contributed by atoms with Crippen molar-refractivity contribution in [3.63, 3.8) is 0 Å². The third-order valence-corrected chi connectivity index (χ3v) is 2.26. The van der Waals surface area contributed by atoms with Crippen LogP contribution in [0.15, 0.2) is 47.8 Å². The van der Waals surface area contributed by atoms with E-state index in [1.165, 1.54) is 0 Å². The molecule has 4 heteroatoms. The molecule has 2 aromatic rings. The zero-order chi connectivity index (χ0) is 11.2. The second-order valence-electron chi connectivity index (χ2n) is 3.26. The van der Waals surface area contributed by atoms with Crippen LogP contribution in [-0.2, 0) is 0 Å². The van der Waals surface area contributed by atoms with E-state index in [2.05, 4.69) is 15.0 Å². The standard InChI is InChI=1S/C12H10N4/c13-16-15-7-2-5-10-3-1-4-11-9-14-8-6-12(10)11/h1-6,8-9H,7H2. The number of nitrogens with zero attached hydrogens (tertiary/aromatic N) is 4.